The first-order valence-corrected chi connectivity index (χ1v) is 8.67. The number of aromatic amines is 1. The number of imidazole rings is 1. The van der Waals surface area contributed by atoms with Gasteiger partial charge in [0.05, 0.1) is 13.5 Å². The van der Waals surface area contributed by atoms with Crippen LogP contribution in [0.5, 0.6) is 5.75 Å². The van der Waals surface area contributed by atoms with Gasteiger partial charge >= 0.3 is 0 Å². The number of methoxy groups -OCH3 is 1. The Morgan fingerprint density at radius 2 is 1.79 bits per heavy atom. The third-order valence-corrected chi connectivity index (χ3v) is 4.23. The van der Waals surface area contributed by atoms with E-state index in [1.165, 1.54) is 35.0 Å². The molecule has 1 heterocycles. The number of benzene rings is 2. The molecule has 1 aromatic heterocycles. The minimum Gasteiger partial charge on any atom is -0.497 e. The lowest BCUT2D eigenvalue weighted by Gasteiger charge is -2.10. The molecule has 0 saturated carbocycles. The summed E-state index contributed by atoms with van der Waals surface area (Å²) in [6.45, 7) is 0. The maximum absolute atomic E-state index is 13.1. The Hall–Kier alpha value is -3.46. The summed E-state index contributed by atoms with van der Waals surface area (Å²) in [6, 6.07) is 12.5. The van der Waals surface area contributed by atoms with Gasteiger partial charge in [-0.3, -0.25) is 25.0 Å². The van der Waals surface area contributed by atoms with Crippen molar-refractivity contribution in [1.29, 1.82) is 0 Å². The van der Waals surface area contributed by atoms with Crippen LogP contribution in [0.4, 0.5) is 4.39 Å². The van der Waals surface area contributed by atoms with Crippen LogP contribution in [0.1, 0.15) is 16.1 Å². The van der Waals surface area contributed by atoms with Crippen LogP contribution in [0, 0.1) is 10.6 Å². The van der Waals surface area contributed by atoms with E-state index < -0.39 is 11.7 Å². The smallest absolute Gasteiger partial charge is 0.288 e. The lowest BCUT2D eigenvalue weighted by Crippen LogP contribution is -2.43. The predicted octanol–water partition coefficient (Wildman–Crippen LogP) is 2.69. The van der Waals surface area contributed by atoms with Crippen molar-refractivity contribution in [2.75, 3.05) is 7.11 Å². The summed E-state index contributed by atoms with van der Waals surface area (Å²) in [5.74, 6) is -0.668. The van der Waals surface area contributed by atoms with Crippen molar-refractivity contribution < 1.29 is 18.7 Å². The molecule has 3 aromatic rings. The number of hydrogen-bond donors (Lipinski definition) is 3. The van der Waals surface area contributed by atoms with Gasteiger partial charge < -0.3 is 9.72 Å². The second kappa shape index (κ2) is 8.49. The molecular formula is C19H17FN4O3S. The van der Waals surface area contributed by atoms with Gasteiger partial charge in [0.25, 0.3) is 5.91 Å². The topological polar surface area (TPSA) is 88.2 Å². The number of H-pyrrole nitrogens is 1. The zero-order chi connectivity index (χ0) is 20.1. The number of carbonyl (C=O) groups excluding carboxylic acids is 2. The van der Waals surface area contributed by atoms with Gasteiger partial charge in [-0.05, 0) is 54.2 Å². The first-order valence-electron chi connectivity index (χ1n) is 8.26. The highest BCUT2D eigenvalue weighted by Gasteiger charge is 2.15. The van der Waals surface area contributed by atoms with E-state index in [4.69, 9.17) is 17.0 Å². The largest absolute Gasteiger partial charge is 0.497 e. The molecule has 0 fully saturated rings. The van der Waals surface area contributed by atoms with Crippen LogP contribution in [0.2, 0.25) is 0 Å². The van der Waals surface area contributed by atoms with E-state index in [1.807, 2.05) is 0 Å². The van der Waals surface area contributed by atoms with Gasteiger partial charge in [0, 0.05) is 11.9 Å². The minimum atomic E-state index is -0.570. The van der Waals surface area contributed by atoms with Crippen LogP contribution < -0.4 is 15.6 Å². The van der Waals surface area contributed by atoms with Crippen LogP contribution >= 0.6 is 12.2 Å². The zero-order valence-corrected chi connectivity index (χ0v) is 15.7. The summed E-state index contributed by atoms with van der Waals surface area (Å²) < 4.78 is 19.9. The SMILES string of the molecule is COc1ccc(CC(=O)NNC(=O)c2c[nH]c(=S)n2-c2ccc(F)cc2)cc1. The molecule has 3 N–H and O–H groups in total. The number of aromatic nitrogens is 2. The van der Waals surface area contributed by atoms with Crippen molar-refractivity contribution >= 4 is 24.0 Å². The van der Waals surface area contributed by atoms with E-state index in [2.05, 4.69) is 15.8 Å². The van der Waals surface area contributed by atoms with Gasteiger partial charge in [-0.2, -0.15) is 0 Å². The molecule has 0 aliphatic heterocycles. The number of rotatable bonds is 5. The predicted molar refractivity (Wildman–Crippen MR) is 103 cm³/mol. The van der Waals surface area contributed by atoms with Gasteiger partial charge in [-0.25, -0.2) is 4.39 Å². The van der Waals surface area contributed by atoms with Crippen LogP contribution in [-0.2, 0) is 11.2 Å². The highest BCUT2D eigenvalue weighted by molar-refractivity contribution is 7.71. The second-order valence-corrected chi connectivity index (χ2v) is 6.20. The molecule has 2 amide bonds. The molecule has 0 bridgehead atoms. The van der Waals surface area contributed by atoms with Crippen molar-refractivity contribution in [2.45, 2.75) is 6.42 Å². The van der Waals surface area contributed by atoms with Crippen molar-refractivity contribution in [2.24, 2.45) is 0 Å². The summed E-state index contributed by atoms with van der Waals surface area (Å²) in [5.41, 5.74) is 6.17. The molecule has 144 valence electrons. The quantitative estimate of drug-likeness (QED) is 0.454. The summed E-state index contributed by atoms with van der Waals surface area (Å²) >= 11 is 5.19. The molecule has 3 rings (SSSR count). The number of hydrogen-bond acceptors (Lipinski definition) is 4. The fraction of sp³-hybridized carbons (Fsp3) is 0.105. The maximum Gasteiger partial charge on any atom is 0.288 e. The Bertz CT molecular complexity index is 1040. The molecule has 7 nitrogen and oxygen atoms in total. The summed E-state index contributed by atoms with van der Waals surface area (Å²) in [6.07, 6.45) is 1.50. The first kappa shape index (κ1) is 19.3. The van der Waals surface area contributed by atoms with Gasteiger partial charge in [-0.1, -0.05) is 12.1 Å². The lowest BCUT2D eigenvalue weighted by molar-refractivity contribution is -0.121. The molecule has 0 aliphatic carbocycles. The van der Waals surface area contributed by atoms with Crippen LogP contribution in [-0.4, -0.2) is 28.5 Å². The fourth-order valence-corrected chi connectivity index (χ4v) is 2.81. The molecule has 9 heteroatoms. The molecule has 0 radical (unpaired) electrons. The molecule has 0 atom stereocenters. The highest BCUT2D eigenvalue weighted by Crippen LogP contribution is 2.14. The molecule has 0 spiro atoms. The van der Waals surface area contributed by atoms with E-state index in [-0.39, 0.29) is 22.8 Å². The number of amides is 2. The Morgan fingerprint density at radius 1 is 1.11 bits per heavy atom. The second-order valence-electron chi connectivity index (χ2n) is 5.82. The fourth-order valence-electron chi connectivity index (χ4n) is 2.55. The lowest BCUT2D eigenvalue weighted by atomic mass is 10.1. The molecular weight excluding hydrogens is 383 g/mol. The normalized spacial score (nSPS) is 10.4. The van der Waals surface area contributed by atoms with Crippen molar-refractivity contribution in [3.63, 3.8) is 0 Å². The van der Waals surface area contributed by atoms with Crippen LogP contribution in [0.25, 0.3) is 5.69 Å². The first-order chi connectivity index (χ1) is 13.5. The molecule has 28 heavy (non-hydrogen) atoms. The van der Waals surface area contributed by atoms with Gasteiger partial charge in [-0.15, -0.1) is 0 Å². The number of ether oxygens (including phenoxy) is 1. The summed E-state index contributed by atoms with van der Waals surface area (Å²) in [5, 5.41) is 0. The summed E-state index contributed by atoms with van der Waals surface area (Å²) in [7, 11) is 1.56. The highest BCUT2D eigenvalue weighted by atomic mass is 32.1. The summed E-state index contributed by atoms with van der Waals surface area (Å²) in [4.78, 5) is 27.3. The molecule has 0 aliphatic rings. The van der Waals surface area contributed by atoms with Crippen molar-refractivity contribution in [1.82, 2.24) is 20.4 Å². The molecule has 2 aromatic carbocycles. The number of nitrogens with one attached hydrogen (secondary N) is 3. The van der Waals surface area contributed by atoms with E-state index in [0.29, 0.717) is 11.4 Å². The Labute approximate surface area is 165 Å². The Kier molecular flexibility index (Phi) is 5.85. The molecule has 0 saturated heterocycles. The number of hydrazine groups is 1. The zero-order valence-electron chi connectivity index (χ0n) is 14.9. The molecule has 0 unspecified atom stereocenters. The minimum absolute atomic E-state index is 0.0850. The van der Waals surface area contributed by atoms with Crippen LogP contribution in [0.15, 0.2) is 54.7 Å². The number of halogens is 1. The van der Waals surface area contributed by atoms with Crippen molar-refractivity contribution in [3.8, 4) is 11.4 Å². The Balaban J connectivity index is 1.66. The average Bonchev–Trinajstić information content (AvgIpc) is 3.09. The standard InChI is InChI=1S/C19H17FN4O3S/c1-27-15-8-2-12(3-9-15)10-17(25)22-23-18(26)16-11-21-19(28)24(16)14-6-4-13(20)5-7-14/h2-9,11H,10H2,1H3,(H,21,28)(H,22,25)(H,23,26). The van der Waals surface area contributed by atoms with E-state index in [0.717, 1.165) is 5.56 Å². The maximum atomic E-state index is 13.1. The van der Waals surface area contributed by atoms with E-state index >= 15 is 0 Å². The monoisotopic (exact) mass is 400 g/mol. The third-order valence-electron chi connectivity index (χ3n) is 3.93. The van der Waals surface area contributed by atoms with Gasteiger partial charge in [0.1, 0.15) is 17.3 Å². The number of carbonyl (C=O) groups is 2. The van der Waals surface area contributed by atoms with Crippen LogP contribution in [0.3, 0.4) is 0 Å². The van der Waals surface area contributed by atoms with E-state index in [1.54, 1.807) is 31.4 Å². The number of nitrogens with zero attached hydrogens (tertiary/aromatic N) is 1. The Morgan fingerprint density at radius 3 is 2.43 bits per heavy atom. The average molecular weight is 400 g/mol. The van der Waals surface area contributed by atoms with Gasteiger partial charge in [0.15, 0.2) is 4.77 Å². The van der Waals surface area contributed by atoms with Crippen molar-refractivity contribution in [3.05, 3.63) is 76.6 Å². The van der Waals surface area contributed by atoms with Gasteiger partial charge in [0.2, 0.25) is 5.91 Å². The third kappa shape index (κ3) is 4.44. The van der Waals surface area contributed by atoms with E-state index in [9.17, 15) is 14.0 Å².